The zero-order chi connectivity index (χ0) is 20.5. The number of ether oxygens (including phenoxy) is 1. The van der Waals surface area contributed by atoms with Gasteiger partial charge in [-0.1, -0.05) is 44.2 Å². The van der Waals surface area contributed by atoms with Gasteiger partial charge in [0.1, 0.15) is 5.01 Å². The minimum Gasteiger partial charge on any atom is -0.374 e. The Morgan fingerprint density at radius 1 is 1.30 bits per heavy atom. The Morgan fingerprint density at radius 2 is 2.10 bits per heavy atom. The molecule has 2 N–H and O–H groups in total. The maximum absolute atomic E-state index is 5.94. The van der Waals surface area contributed by atoms with Gasteiger partial charge < -0.3 is 15.4 Å². The number of rotatable bonds is 8. The van der Waals surface area contributed by atoms with Gasteiger partial charge in [-0.15, -0.1) is 35.3 Å². The second kappa shape index (κ2) is 13.2. The minimum absolute atomic E-state index is 0. The molecular weight excluding hydrogens is 509 g/mol. The SMILES string of the molecule is CCNC(=NCc1nc(-c2ccccc2)cs1)NCC1CN(CC(C)C)CCO1.I. The first kappa shape index (κ1) is 25.0. The Labute approximate surface area is 201 Å². The predicted octanol–water partition coefficient (Wildman–Crippen LogP) is 3.84. The van der Waals surface area contributed by atoms with E-state index in [1.165, 1.54) is 0 Å². The third-order valence-electron chi connectivity index (χ3n) is 4.68. The van der Waals surface area contributed by atoms with Gasteiger partial charge in [0.2, 0.25) is 0 Å². The van der Waals surface area contributed by atoms with E-state index < -0.39 is 0 Å². The fourth-order valence-electron chi connectivity index (χ4n) is 3.41. The Morgan fingerprint density at radius 3 is 2.83 bits per heavy atom. The zero-order valence-electron chi connectivity index (χ0n) is 18.1. The van der Waals surface area contributed by atoms with E-state index in [2.05, 4.69) is 53.8 Å². The molecule has 1 unspecified atom stereocenters. The molecule has 1 saturated heterocycles. The van der Waals surface area contributed by atoms with Crippen LogP contribution >= 0.6 is 35.3 Å². The molecule has 0 saturated carbocycles. The summed E-state index contributed by atoms with van der Waals surface area (Å²) in [5.41, 5.74) is 2.16. The van der Waals surface area contributed by atoms with Crippen LogP contribution in [0.15, 0.2) is 40.7 Å². The molecule has 1 aromatic carbocycles. The fourth-order valence-corrected chi connectivity index (χ4v) is 4.14. The zero-order valence-corrected chi connectivity index (χ0v) is 21.3. The van der Waals surface area contributed by atoms with Crippen molar-refractivity contribution < 1.29 is 4.74 Å². The van der Waals surface area contributed by atoms with E-state index in [9.17, 15) is 0 Å². The molecule has 1 aliphatic rings. The minimum atomic E-state index is 0. The van der Waals surface area contributed by atoms with Crippen LogP contribution in [0.5, 0.6) is 0 Å². The predicted molar refractivity (Wildman–Crippen MR) is 137 cm³/mol. The highest BCUT2D eigenvalue weighted by Crippen LogP contribution is 2.21. The Bertz CT molecular complexity index is 768. The van der Waals surface area contributed by atoms with Crippen LogP contribution in [0, 0.1) is 5.92 Å². The number of hydrogen-bond donors (Lipinski definition) is 2. The van der Waals surface area contributed by atoms with E-state index in [0.29, 0.717) is 12.5 Å². The molecule has 8 heteroatoms. The van der Waals surface area contributed by atoms with Crippen molar-refractivity contribution in [1.82, 2.24) is 20.5 Å². The van der Waals surface area contributed by atoms with E-state index in [1.807, 2.05) is 18.2 Å². The molecule has 2 heterocycles. The van der Waals surface area contributed by atoms with Crippen LogP contribution in [0.3, 0.4) is 0 Å². The second-order valence-electron chi connectivity index (χ2n) is 7.71. The lowest BCUT2D eigenvalue weighted by Crippen LogP contribution is -2.50. The van der Waals surface area contributed by atoms with Gasteiger partial charge in [0.05, 0.1) is 24.9 Å². The van der Waals surface area contributed by atoms with Gasteiger partial charge in [-0.3, -0.25) is 4.90 Å². The smallest absolute Gasteiger partial charge is 0.191 e. The summed E-state index contributed by atoms with van der Waals surface area (Å²) in [6.07, 6.45) is 0.191. The van der Waals surface area contributed by atoms with E-state index in [1.54, 1.807) is 11.3 Å². The monoisotopic (exact) mass is 543 g/mol. The molecule has 1 aromatic heterocycles. The Hall–Kier alpha value is -1.23. The summed E-state index contributed by atoms with van der Waals surface area (Å²) in [6, 6.07) is 10.3. The summed E-state index contributed by atoms with van der Waals surface area (Å²) < 4.78 is 5.94. The number of morpholine rings is 1. The Kier molecular flexibility index (Phi) is 11.0. The number of nitrogens with one attached hydrogen (secondary N) is 2. The van der Waals surface area contributed by atoms with Crippen molar-refractivity contribution in [2.24, 2.45) is 10.9 Å². The first-order valence-corrected chi connectivity index (χ1v) is 11.4. The molecule has 0 bridgehead atoms. The largest absolute Gasteiger partial charge is 0.374 e. The standard InChI is InChI=1S/C22H33N5OS.HI/c1-4-23-22(24-12-19-15-27(10-11-28-19)14-17(2)3)25-13-21-26-20(16-29-21)18-8-6-5-7-9-18;/h5-9,16-17,19H,4,10-15H2,1-3H3,(H2,23,24,25);1H. The van der Waals surface area contributed by atoms with Crippen molar-refractivity contribution in [2.45, 2.75) is 33.4 Å². The van der Waals surface area contributed by atoms with Crippen molar-refractivity contribution in [3.8, 4) is 11.3 Å². The lowest BCUT2D eigenvalue weighted by Gasteiger charge is -2.34. The van der Waals surface area contributed by atoms with Gasteiger partial charge in [-0.05, 0) is 12.8 Å². The quantitative estimate of drug-likeness (QED) is 0.301. The van der Waals surface area contributed by atoms with E-state index in [4.69, 9.17) is 14.7 Å². The maximum atomic E-state index is 5.94. The van der Waals surface area contributed by atoms with E-state index in [-0.39, 0.29) is 30.1 Å². The van der Waals surface area contributed by atoms with Crippen molar-refractivity contribution in [3.63, 3.8) is 0 Å². The number of aliphatic imine (C=N–C) groups is 1. The van der Waals surface area contributed by atoms with Crippen LogP contribution in [-0.4, -0.2) is 61.3 Å². The summed E-state index contributed by atoms with van der Waals surface area (Å²) in [6.45, 7) is 12.7. The van der Waals surface area contributed by atoms with Gasteiger partial charge in [0.25, 0.3) is 0 Å². The number of hydrogen-bond acceptors (Lipinski definition) is 5. The van der Waals surface area contributed by atoms with Crippen molar-refractivity contribution in [3.05, 3.63) is 40.7 Å². The molecule has 0 aliphatic carbocycles. The van der Waals surface area contributed by atoms with Gasteiger partial charge in [-0.2, -0.15) is 0 Å². The normalized spacial score (nSPS) is 17.6. The van der Waals surface area contributed by atoms with Crippen LogP contribution in [0.4, 0.5) is 0 Å². The second-order valence-corrected chi connectivity index (χ2v) is 8.66. The molecule has 1 fully saturated rings. The summed E-state index contributed by atoms with van der Waals surface area (Å²) >= 11 is 1.65. The molecule has 0 radical (unpaired) electrons. The lowest BCUT2D eigenvalue weighted by atomic mass is 10.2. The molecule has 166 valence electrons. The van der Waals surface area contributed by atoms with E-state index in [0.717, 1.165) is 61.6 Å². The first-order chi connectivity index (χ1) is 14.1. The van der Waals surface area contributed by atoms with Crippen LogP contribution in [0.1, 0.15) is 25.8 Å². The lowest BCUT2D eigenvalue weighted by molar-refractivity contribution is -0.0284. The molecule has 0 spiro atoms. The van der Waals surface area contributed by atoms with Gasteiger partial charge in [-0.25, -0.2) is 9.98 Å². The molecule has 3 rings (SSSR count). The van der Waals surface area contributed by atoms with Gasteiger partial charge in [0, 0.05) is 43.7 Å². The molecule has 0 amide bonds. The highest BCUT2D eigenvalue weighted by molar-refractivity contribution is 14.0. The number of thiazole rings is 1. The third kappa shape index (κ3) is 8.13. The Balaban J connectivity index is 0.00000320. The average molecular weight is 544 g/mol. The number of guanidine groups is 1. The van der Waals surface area contributed by atoms with E-state index >= 15 is 0 Å². The van der Waals surface area contributed by atoms with Crippen molar-refractivity contribution >= 4 is 41.3 Å². The third-order valence-corrected chi connectivity index (χ3v) is 5.51. The number of halogens is 1. The highest BCUT2D eigenvalue weighted by Gasteiger charge is 2.21. The van der Waals surface area contributed by atoms with Crippen molar-refractivity contribution in [1.29, 1.82) is 0 Å². The van der Waals surface area contributed by atoms with Crippen LogP contribution < -0.4 is 10.6 Å². The topological polar surface area (TPSA) is 61.8 Å². The van der Waals surface area contributed by atoms with Gasteiger partial charge >= 0.3 is 0 Å². The molecule has 2 aromatic rings. The average Bonchev–Trinajstić information content (AvgIpc) is 3.20. The summed E-state index contributed by atoms with van der Waals surface area (Å²) in [5.74, 6) is 1.49. The van der Waals surface area contributed by atoms with Crippen LogP contribution in [-0.2, 0) is 11.3 Å². The van der Waals surface area contributed by atoms with Gasteiger partial charge in [0.15, 0.2) is 5.96 Å². The first-order valence-electron chi connectivity index (χ1n) is 10.5. The summed E-state index contributed by atoms with van der Waals surface area (Å²) in [4.78, 5) is 11.9. The maximum Gasteiger partial charge on any atom is 0.191 e. The molecule has 1 aliphatic heterocycles. The molecule has 1 atom stereocenters. The fraction of sp³-hybridized carbons (Fsp3) is 0.545. The number of aromatic nitrogens is 1. The van der Waals surface area contributed by atoms with Crippen LogP contribution in [0.2, 0.25) is 0 Å². The number of benzene rings is 1. The molecule has 30 heavy (non-hydrogen) atoms. The summed E-state index contributed by atoms with van der Waals surface area (Å²) in [5, 5.41) is 9.87. The van der Waals surface area contributed by atoms with Crippen molar-refractivity contribution in [2.75, 3.05) is 39.3 Å². The van der Waals surface area contributed by atoms with Crippen LogP contribution in [0.25, 0.3) is 11.3 Å². The highest BCUT2D eigenvalue weighted by atomic mass is 127. The molecule has 6 nitrogen and oxygen atoms in total. The summed E-state index contributed by atoms with van der Waals surface area (Å²) in [7, 11) is 0. The molecular formula is C22H34IN5OS. The number of nitrogens with zero attached hydrogens (tertiary/aromatic N) is 3.